The smallest absolute Gasteiger partial charge is 0.000480 e. The highest BCUT2D eigenvalue weighted by Gasteiger charge is 2.31. The summed E-state index contributed by atoms with van der Waals surface area (Å²) in [4.78, 5) is 0. The summed E-state index contributed by atoms with van der Waals surface area (Å²) in [6.45, 7) is 3.54. The number of rotatable bonds is 5. The molecule has 1 aliphatic carbocycles. The Kier molecular flexibility index (Phi) is 4.07. The van der Waals surface area contributed by atoms with Gasteiger partial charge in [-0.25, -0.2) is 0 Å². The molecule has 1 rings (SSSR count). The van der Waals surface area contributed by atoms with Crippen LogP contribution in [0.5, 0.6) is 0 Å². The highest BCUT2D eigenvalue weighted by molar-refractivity contribution is 4.85. The SMILES string of the molecule is CCCCC1(CNC)CCCC1. The fourth-order valence-electron chi connectivity index (χ4n) is 2.57. The first-order valence-electron chi connectivity index (χ1n) is 5.47. The Bertz CT molecular complexity index is 114. The average molecular weight is 169 g/mol. The van der Waals surface area contributed by atoms with Gasteiger partial charge >= 0.3 is 0 Å². The van der Waals surface area contributed by atoms with Crippen LogP contribution in [0.4, 0.5) is 0 Å². The van der Waals surface area contributed by atoms with Gasteiger partial charge in [0.15, 0.2) is 0 Å². The molecular weight excluding hydrogens is 146 g/mol. The Morgan fingerprint density at radius 1 is 1.25 bits per heavy atom. The minimum absolute atomic E-state index is 0.685. The van der Waals surface area contributed by atoms with E-state index in [1.54, 1.807) is 0 Å². The van der Waals surface area contributed by atoms with Crippen molar-refractivity contribution in [1.82, 2.24) is 5.32 Å². The lowest BCUT2D eigenvalue weighted by Gasteiger charge is -2.28. The maximum Gasteiger partial charge on any atom is 0.000480 e. The molecule has 0 bridgehead atoms. The predicted molar refractivity (Wildman–Crippen MR) is 54.4 cm³/mol. The molecule has 1 fully saturated rings. The summed E-state index contributed by atoms with van der Waals surface area (Å²) >= 11 is 0. The molecule has 1 N–H and O–H groups in total. The number of hydrogen-bond donors (Lipinski definition) is 1. The summed E-state index contributed by atoms with van der Waals surface area (Å²) in [6.07, 6.45) is 10.1. The van der Waals surface area contributed by atoms with Crippen LogP contribution >= 0.6 is 0 Å². The van der Waals surface area contributed by atoms with E-state index in [4.69, 9.17) is 0 Å². The minimum atomic E-state index is 0.685. The van der Waals surface area contributed by atoms with E-state index in [-0.39, 0.29) is 0 Å². The molecule has 72 valence electrons. The molecule has 0 aromatic rings. The topological polar surface area (TPSA) is 12.0 Å². The van der Waals surface area contributed by atoms with Crippen molar-refractivity contribution >= 4 is 0 Å². The van der Waals surface area contributed by atoms with Gasteiger partial charge in [0.1, 0.15) is 0 Å². The first-order chi connectivity index (χ1) is 5.83. The van der Waals surface area contributed by atoms with Crippen molar-refractivity contribution in [1.29, 1.82) is 0 Å². The lowest BCUT2D eigenvalue weighted by Crippen LogP contribution is -2.29. The maximum absolute atomic E-state index is 3.36. The molecule has 0 saturated heterocycles. The monoisotopic (exact) mass is 169 g/mol. The van der Waals surface area contributed by atoms with Crippen molar-refractivity contribution < 1.29 is 0 Å². The Balaban J connectivity index is 2.35. The second kappa shape index (κ2) is 4.86. The van der Waals surface area contributed by atoms with Gasteiger partial charge in [0.2, 0.25) is 0 Å². The Hall–Kier alpha value is -0.0400. The summed E-state index contributed by atoms with van der Waals surface area (Å²) in [5.74, 6) is 0. The molecule has 1 saturated carbocycles. The molecule has 0 amide bonds. The van der Waals surface area contributed by atoms with Crippen LogP contribution in [0, 0.1) is 5.41 Å². The van der Waals surface area contributed by atoms with Gasteiger partial charge in [0.05, 0.1) is 0 Å². The van der Waals surface area contributed by atoms with Gasteiger partial charge < -0.3 is 5.32 Å². The largest absolute Gasteiger partial charge is 0.319 e. The lowest BCUT2D eigenvalue weighted by molar-refractivity contribution is 0.256. The second-order valence-electron chi connectivity index (χ2n) is 4.34. The molecule has 0 aromatic heterocycles. The molecular formula is C11H23N. The molecule has 1 nitrogen and oxygen atoms in total. The molecule has 0 spiro atoms. The van der Waals surface area contributed by atoms with E-state index in [1.165, 1.54) is 51.5 Å². The summed E-state index contributed by atoms with van der Waals surface area (Å²) in [5, 5.41) is 3.36. The highest BCUT2D eigenvalue weighted by atomic mass is 14.8. The van der Waals surface area contributed by atoms with Crippen LogP contribution in [0.25, 0.3) is 0 Å². The first kappa shape index (κ1) is 10.0. The number of hydrogen-bond acceptors (Lipinski definition) is 1. The van der Waals surface area contributed by atoms with Crippen molar-refractivity contribution in [2.75, 3.05) is 13.6 Å². The third-order valence-corrected chi connectivity index (χ3v) is 3.28. The van der Waals surface area contributed by atoms with Crippen LogP contribution in [0.3, 0.4) is 0 Å². The van der Waals surface area contributed by atoms with E-state index in [1.807, 2.05) is 0 Å². The van der Waals surface area contributed by atoms with Gasteiger partial charge in [-0.05, 0) is 31.7 Å². The van der Waals surface area contributed by atoms with Crippen LogP contribution in [0.1, 0.15) is 51.9 Å². The molecule has 0 radical (unpaired) electrons. The minimum Gasteiger partial charge on any atom is -0.319 e. The molecule has 0 aliphatic heterocycles. The van der Waals surface area contributed by atoms with Crippen molar-refractivity contribution in [3.05, 3.63) is 0 Å². The Morgan fingerprint density at radius 3 is 2.42 bits per heavy atom. The second-order valence-corrected chi connectivity index (χ2v) is 4.34. The van der Waals surface area contributed by atoms with Gasteiger partial charge in [-0.15, -0.1) is 0 Å². The average Bonchev–Trinajstić information content (AvgIpc) is 2.51. The van der Waals surface area contributed by atoms with Crippen molar-refractivity contribution in [3.63, 3.8) is 0 Å². The summed E-state index contributed by atoms with van der Waals surface area (Å²) < 4.78 is 0. The quantitative estimate of drug-likeness (QED) is 0.667. The summed E-state index contributed by atoms with van der Waals surface area (Å²) in [6, 6.07) is 0. The van der Waals surface area contributed by atoms with Crippen LogP contribution < -0.4 is 5.32 Å². The number of nitrogens with one attached hydrogen (secondary N) is 1. The molecule has 1 heteroatoms. The van der Waals surface area contributed by atoms with Gasteiger partial charge in [-0.2, -0.15) is 0 Å². The Morgan fingerprint density at radius 2 is 1.92 bits per heavy atom. The van der Waals surface area contributed by atoms with Gasteiger partial charge in [0.25, 0.3) is 0 Å². The third-order valence-electron chi connectivity index (χ3n) is 3.28. The van der Waals surface area contributed by atoms with E-state index in [2.05, 4.69) is 19.3 Å². The maximum atomic E-state index is 3.36. The Labute approximate surface area is 76.9 Å². The zero-order valence-corrected chi connectivity index (χ0v) is 8.66. The van der Waals surface area contributed by atoms with Crippen molar-refractivity contribution in [2.24, 2.45) is 5.41 Å². The zero-order chi connectivity index (χ0) is 8.86. The molecule has 0 aromatic carbocycles. The van der Waals surface area contributed by atoms with Gasteiger partial charge in [-0.3, -0.25) is 0 Å². The van der Waals surface area contributed by atoms with Crippen LogP contribution in [0.15, 0.2) is 0 Å². The van der Waals surface area contributed by atoms with Crippen molar-refractivity contribution in [3.8, 4) is 0 Å². The van der Waals surface area contributed by atoms with E-state index < -0.39 is 0 Å². The van der Waals surface area contributed by atoms with Crippen molar-refractivity contribution in [2.45, 2.75) is 51.9 Å². The number of unbranched alkanes of at least 4 members (excludes halogenated alkanes) is 1. The molecule has 12 heavy (non-hydrogen) atoms. The molecule has 0 atom stereocenters. The fraction of sp³-hybridized carbons (Fsp3) is 1.00. The summed E-state index contributed by atoms with van der Waals surface area (Å²) in [5.41, 5.74) is 0.685. The van der Waals surface area contributed by atoms with E-state index >= 15 is 0 Å². The normalized spacial score (nSPS) is 21.5. The standard InChI is InChI=1S/C11H23N/c1-3-4-7-11(10-12-2)8-5-6-9-11/h12H,3-10H2,1-2H3. The fourth-order valence-corrected chi connectivity index (χ4v) is 2.57. The zero-order valence-electron chi connectivity index (χ0n) is 8.66. The molecule has 0 heterocycles. The lowest BCUT2D eigenvalue weighted by atomic mass is 9.81. The van der Waals surface area contributed by atoms with Gasteiger partial charge in [0, 0.05) is 6.54 Å². The van der Waals surface area contributed by atoms with E-state index in [0.717, 1.165) is 0 Å². The summed E-state index contributed by atoms with van der Waals surface area (Å²) in [7, 11) is 2.09. The molecule has 1 aliphatic rings. The van der Waals surface area contributed by atoms with Crippen LogP contribution in [0.2, 0.25) is 0 Å². The highest BCUT2D eigenvalue weighted by Crippen LogP contribution is 2.41. The molecule has 0 unspecified atom stereocenters. The predicted octanol–water partition coefficient (Wildman–Crippen LogP) is 2.96. The van der Waals surface area contributed by atoms with Crippen LogP contribution in [-0.2, 0) is 0 Å². The van der Waals surface area contributed by atoms with E-state index in [0.29, 0.717) is 5.41 Å². The third kappa shape index (κ3) is 2.48. The van der Waals surface area contributed by atoms with Gasteiger partial charge in [-0.1, -0.05) is 32.6 Å². The van der Waals surface area contributed by atoms with Crippen LogP contribution in [-0.4, -0.2) is 13.6 Å². The van der Waals surface area contributed by atoms with E-state index in [9.17, 15) is 0 Å². The first-order valence-corrected chi connectivity index (χ1v) is 5.47.